The fourth-order valence-corrected chi connectivity index (χ4v) is 2.05. The van der Waals surface area contributed by atoms with E-state index in [0.29, 0.717) is 18.1 Å². The summed E-state index contributed by atoms with van der Waals surface area (Å²) in [6, 6.07) is 5.81. The highest BCUT2D eigenvalue weighted by atomic mass is 16.7. The molecular formula is C14H15NO2. The smallest absolute Gasteiger partial charge is 0.273 e. The molecule has 0 saturated heterocycles. The third kappa shape index (κ3) is 2.24. The molecule has 0 heterocycles. The van der Waals surface area contributed by atoms with Gasteiger partial charge in [0.25, 0.3) is 5.91 Å². The summed E-state index contributed by atoms with van der Waals surface area (Å²) in [6.07, 6.45) is 7.44. The van der Waals surface area contributed by atoms with Crippen LogP contribution in [0.25, 0.3) is 6.08 Å². The number of hydrogen-bond acceptors (Lipinski definition) is 2. The summed E-state index contributed by atoms with van der Waals surface area (Å²) in [5.74, 6) is 0.505. The topological polar surface area (TPSA) is 38.3 Å². The molecule has 0 aromatic heterocycles. The van der Waals surface area contributed by atoms with Crippen LogP contribution < -0.4 is 5.48 Å². The predicted molar refractivity (Wildman–Crippen MR) is 65.3 cm³/mol. The minimum atomic E-state index is -0.144. The Hall–Kier alpha value is -1.61. The number of carbonyl (C=O) groups is 1. The van der Waals surface area contributed by atoms with E-state index in [-0.39, 0.29) is 5.91 Å². The van der Waals surface area contributed by atoms with Crippen LogP contribution in [-0.2, 0) is 11.3 Å². The lowest BCUT2D eigenvalue weighted by atomic mass is 10.0. The summed E-state index contributed by atoms with van der Waals surface area (Å²) in [6.45, 7) is 0.636. The van der Waals surface area contributed by atoms with Crippen molar-refractivity contribution in [1.29, 1.82) is 0 Å². The van der Waals surface area contributed by atoms with Crippen LogP contribution in [0.1, 0.15) is 34.3 Å². The van der Waals surface area contributed by atoms with Crippen molar-refractivity contribution in [2.45, 2.75) is 19.3 Å². The number of carbonyl (C=O) groups excluding carboxylic acids is 1. The Kier molecular flexibility index (Phi) is 2.69. The van der Waals surface area contributed by atoms with Crippen molar-refractivity contribution in [3.8, 4) is 0 Å². The van der Waals surface area contributed by atoms with Crippen LogP contribution in [0.2, 0.25) is 0 Å². The van der Waals surface area contributed by atoms with Crippen LogP contribution in [0, 0.1) is 5.92 Å². The number of hydrogen-bond donors (Lipinski definition) is 1. The van der Waals surface area contributed by atoms with Crippen molar-refractivity contribution in [3.63, 3.8) is 0 Å². The molecule has 2 aliphatic rings. The average molecular weight is 229 g/mol. The fraction of sp³-hybridized carbons (Fsp3) is 0.357. The molecule has 0 spiro atoms. The standard InChI is InChI=1S/C14H15NO2/c16-14(15-17-9-10-7-8-10)13-6-2-4-11-3-1-5-12(11)13/h1-2,4-6,10H,3,7-9H2,(H,15,16). The Labute approximate surface area is 100 Å². The number of benzene rings is 1. The van der Waals surface area contributed by atoms with Gasteiger partial charge in [-0.05, 0) is 42.4 Å². The van der Waals surface area contributed by atoms with E-state index in [1.807, 2.05) is 18.2 Å². The van der Waals surface area contributed by atoms with Crippen LogP contribution in [0.5, 0.6) is 0 Å². The van der Waals surface area contributed by atoms with Gasteiger partial charge in [0.05, 0.1) is 6.61 Å². The van der Waals surface area contributed by atoms with Crippen molar-refractivity contribution in [2.24, 2.45) is 5.92 Å². The first-order valence-corrected chi connectivity index (χ1v) is 6.05. The Morgan fingerprint density at radius 2 is 2.29 bits per heavy atom. The summed E-state index contributed by atoms with van der Waals surface area (Å²) in [5, 5.41) is 0. The number of hydroxylamine groups is 1. The maximum atomic E-state index is 11.9. The highest BCUT2D eigenvalue weighted by Crippen LogP contribution is 2.28. The number of amides is 1. The number of rotatable bonds is 4. The van der Waals surface area contributed by atoms with E-state index in [4.69, 9.17) is 4.84 Å². The van der Waals surface area contributed by atoms with Crippen LogP contribution in [0.4, 0.5) is 0 Å². The van der Waals surface area contributed by atoms with E-state index in [9.17, 15) is 4.79 Å². The van der Waals surface area contributed by atoms with Gasteiger partial charge in [-0.15, -0.1) is 0 Å². The minimum absolute atomic E-state index is 0.144. The Morgan fingerprint density at radius 3 is 3.12 bits per heavy atom. The lowest BCUT2D eigenvalue weighted by Crippen LogP contribution is -2.25. The van der Waals surface area contributed by atoms with Gasteiger partial charge in [-0.1, -0.05) is 24.3 Å². The molecule has 3 rings (SSSR count). The summed E-state index contributed by atoms with van der Waals surface area (Å²) in [5.41, 5.74) is 5.46. The summed E-state index contributed by atoms with van der Waals surface area (Å²) in [4.78, 5) is 17.1. The van der Waals surface area contributed by atoms with Gasteiger partial charge >= 0.3 is 0 Å². The Balaban J connectivity index is 1.68. The lowest BCUT2D eigenvalue weighted by molar-refractivity contribution is 0.0270. The van der Waals surface area contributed by atoms with Crippen molar-refractivity contribution in [2.75, 3.05) is 6.61 Å². The van der Waals surface area contributed by atoms with Gasteiger partial charge in [0.2, 0.25) is 0 Å². The molecule has 0 bridgehead atoms. The van der Waals surface area contributed by atoms with Crippen molar-refractivity contribution in [3.05, 3.63) is 41.0 Å². The zero-order valence-corrected chi connectivity index (χ0v) is 9.61. The molecule has 3 heteroatoms. The zero-order valence-electron chi connectivity index (χ0n) is 9.61. The van der Waals surface area contributed by atoms with E-state index in [1.165, 1.54) is 18.4 Å². The Morgan fingerprint density at radius 1 is 1.41 bits per heavy atom. The Bertz CT molecular complexity index is 475. The molecule has 88 valence electrons. The second kappa shape index (κ2) is 4.34. The lowest BCUT2D eigenvalue weighted by Gasteiger charge is -2.08. The maximum absolute atomic E-state index is 11.9. The molecule has 3 nitrogen and oxygen atoms in total. The molecule has 1 saturated carbocycles. The molecule has 0 aliphatic heterocycles. The number of allylic oxidation sites excluding steroid dienone is 1. The molecule has 1 N–H and O–H groups in total. The highest BCUT2D eigenvalue weighted by molar-refractivity contribution is 5.98. The van der Waals surface area contributed by atoms with E-state index >= 15 is 0 Å². The predicted octanol–water partition coefficient (Wildman–Crippen LogP) is 2.33. The van der Waals surface area contributed by atoms with Crippen LogP contribution >= 0.6 is 0 Å². The molecule has 1 amide bonds. The molecule has 1 aromatic carbocycles. The molecule has 0 unspecified atom stereocenters. The average Bonchev–Trinajstić information content (AvgIpc) is 3.04. The third-order valence-corrected chi connectivity index (χ3v) is 3.24. The minimum Gasteiger partial charge on any atom is -0.273 e. The molecule has 2 aliphatic carbocycles. The molecule has 17 heavy (non-hydrogen) atoms. The molecule has 1 aromatic rings. The maximum Gasteiger partial charge on any atom is 0.275 e. The molecule has 1 fully saturated rings. The van der Waals surface area contributed by atoms with Gasteiger partial charge in [0.15, 0.2) is 0 Å². The molecule has 0 atom stereocenters. The van der Waals surface area contributed by atoms with Gasteiger partial charge in [-0.3, -0.25) is 9.63 Å². The normalized spacial score (nSPS) is 16.9. The van der Waals surface area contributed by atoms with E-state index in [0.717, 1.165) is 12.0 Å². The summed E-state index contributed by atoms with van der Waals surface area (Å²) < 4.78 is 0. The second-order valence-corrected chi connectivity index (χ2v) is 4.67. The largest absolute Gasteiger partial charge is 0.275 e. The second-order valence-electron chi connectivity index (χ2n) is 4.67. The highest BCUT2D eigenvalue weighted by Gasteiger charge is 2.22. The van der Waals surface area contributed by atoms with E-state index < -0.39 is 0 Å². The van der Waals surface area contributed by atoms with Gasteiger partial charge < -0.3 is 0 Å². The van der Waals surface area contributed by atoms with E-state index in [1.54, 1.807) is 0 Å². The van der Waals surface area contributed by atoms with Crippen LogP contribution in [0.3, 0.4) is 0 Å². The zero-order chi connectivity index (χ0) is 11.7. The van der Waals surface area contributed by atoms with Crippen molar-refractivity contribution >= 4 is 12.0 Å². The first kappa shape index (κ1) is 10.5. The van der Waals surface area contributed by atoms with Gasteiger partial charge in [0.1, 0.15) is 0 Å². The van der Waals surface area contributed by atoms with Crippen molar-refractivity contribution < 1.29 is 9.63 Å². The third-order valence-electron chi connectivity index (χ3n) is 3.24. The monoisotopic (exact) mass is 229 g/mol. The van der Waals surface area contributed by atoms with Gasteiger partial charge in [0, 0.05) is 5.56 Å². The fourth-order valence-electron chi connectivity index (χ4n) is 2.05. The SMILES string of the molecule is O=C(NOCC1CC1)c1cccc2c1C=CC2. The van der Waals surface area contributed by atoms with Crippen LogP contribution in [-0.4, -0.2) is 12.5 Å². The molecule has 0 radical (unpaired) electrons. The van der Waals surface area contributed by atoms with Gasteiger partial charge in [-0.25, -0.2) is 5.48 Å². The van der Waals surface area contributed by atoms with Gasteiger partial charge in [-0.2, -0.15) is 0 Å². The first-order valence-electron chi connectivity index (χ1n) is 6.05. The number of nitrogens with one attached hydrogen (secondary N) is 1. The van der Waals surface area contributed by atoms with Crippen molar-refractivity contribution in [1.82, 2.24) is 5.48 Å². The summed E-state index contributed by atoms with van der Waals surface area (Å²) in [7, 11) is 0. The summed E-state index contributed by atoms with van der Waals surface area (Å²) >= 11 is 0. The van der Waals surface area contributed by atoms with E-state index in [2.05, 4.69) is 17.6 Å². The number of fused-ring (bicyclic) bond motifs is 1. The first-order chi connectivity index (χ1) is 8.34. The quantitative estimate of drug-likeness (QED) is 0.805. The molecular weight excluding hydrogens is 214 g/mol. The van der Waals surface area contributed by atoms with Crippen LogP contribution in [0.15, 0.2) is 24.3 Å².